The van der Waals surface area contributed by atoms with E-state index in [-0.39, 0.29) is 11.5 Å². The van der Waals surface area contributed by atoms with E-state index in [9.17, 15) is 10.2 Å². The fraction of sp³-hybridized carbons (Fsp3) is 0.571. The van der Waals surface area contributed by atoms with Crippen molar-refractivity contribution < 1.29 is 19.7 Å². The zero-order chi connectivity index (χ0) is 25.8. The summed E-state index contributed by atoms with van der Waals surface area (Å²) in [6.07, 6.45) is 2.66. The average molecular weight is 497 g/mol. The molecule has 5 rings (SSSR count). The van der Waals surface area contributed by atoms with Gasteiger partial charge in [0, 0.05) is 66.4 Å². The Kier molecular flexibility index (Phi) is 6.57. The van der Waals surface area contributed by atoms with Gasteiger partial charge in [-0.2, -0.15) is 0 Å². The molecule has 8 heteroatoms. The summed E-state index contributed by atoms with van der Waals surface area (Å²) in [5.41, 5.74) is 6.19. The predicted molar refractivity (Wildman–Crippen MR) is 139 cm³/mol. The van der Waals surface area contributed by atoms with Crippen LogP contribution in [0.5, 0.6) is 11.5 Å². The minimum absolute atomic E-state index is 0.121. The molecule has 0 aliphatic carbocycles. The Hall–Kier alpha value is -2.52. The van der Waals surface area contributed by atoms with Gasteiger partial charge < -0.3 is 29.6 Å². The second-order valence-electron chi connectivity index (χ2n) is 10.5. The van der Waals surface area contributed by atoms with Gasteiger partial charge in [-0.25, -0.2) is 4.90 Å². The number of aryl methyl sites for hydroxylation is 2. The number of hydrogen-bond donors (Lipinski definition) is 3. The number of fused-ring (bicyclic) bond motifs is 3. The number of likely N-dealkylation sites (tertiary alicyclic amines) is 1. The van der Waals surface area contributed by atoms with Gasteiger partial charge in [0.2, 0.25) is 0 Å². The molecule has 3 aliphatic heterocycles. The summed E-state index contributed by atoms with van der Waals surface area (Å²) < 4.78 is 11.3. The van der Waals surface area contributed by atoms with E-state index in [0.717, 1.165) is 72.1 Å². The molecule has 3 N–H and O–H groups in total. The van der Waals surface area contributed by atoms with Crippen molar-refractivity contribution >= 4 is 0 Å². The number of aromatic amines is 1. The standard InChI is InChI=1S/C28H40N4O4/c1-7-32-27(34)31-16-20-14-21(35-5)15-23(36-6)25(20)17(2)12-24(31)28(32)8-10-30(11-9-28)26(33)22-13-18(3)29-19(22)4/h12-15,17,26-27,29,33-34H,7-11,16H2,1-6H3/t17-,26?,27?/m0/s1. The molecule has 196 valence electrons. The zero-order valence-corrected chi connectivity index (χ0v) is 22.3. The number of nitrogens with one attached hydrogen (secondary N) is 1. The van der Waals surface area contributed by atoms with Crippen LogP contribution in [0.15, 0.2) is 30.0 Å². The number of methoxy groups -OCH3 is 2. The molecule has 2 fully saturated rings. The van der Waals surface area contributed by atoms with Crippen molar-refractivity contribution in [3.8, 4) is 11.5 Å². The second kappa shape index (κ2) is 9.41. The first kappa shape index (κ1) is 25.1. The first-order chi connectivity index (χ1) is 17.2. The highest BCUT2D eigenvalue weighted by Crippen LogP contribution is 2.50. The minimum Gasteiger partial charge on any atom is -0.497 e. The molecule has 3 aliphatic rings. The summed E-state index contributed by atoms with van der Waals surface area (Å²) in [6.45, 7) is 11.2. The number of allylic oxidation sites excluding steroid dienone is 1. The predicted octanol–water partition coefficient (Wildman–Crippen LogP) is 3.59. The van der Waals surface area contributed by atoms with Gasteiger partial charge in [0.15, 0.2) is 6.35 Å². The number of aromatic nitrogens is 1. The number of H-pyrrole nitrogens is 1. The molecule has 0 radical (unpaired) electrons. The van der Waals surface area contributed by atoms with Gasteiger partial charge in [-0.15, -0.1) is 0 Å². The molecule has 2 unspecified atom stereocenters. The molecule has 2 saturated heterocycles. The Balaban J connectivity index is 1.48. The number of aliphatic hydroxyl groups is 2. The Bertz CT molecular complexity index is 1150. The molecular weight excluding hydrogens is 456 g/mol. The maximum atomic E-state index is 11.6. The number of rotatable bonds is 5. The molecule has 1 aromatic heterocycles. The van der Waals surface area contributed by atoms with Crippen molar-refractivity contribution in [2.24, 2.45) is 0 Å². The molecule has 0 bridgehead atoms. The van der Waals surface area contributed by atoms with Crippen LogP contribution in [0.2, 0.25) is 0 Å². The van der Waals surface area contributed by atoms with Crippen LogP contribution in [0, 0.1) is 13.8 Å². The lowest BCUT2D eigenvalue weighted by Gasteiger charge is -2.46. The Morgan fingerprint density at radius 3 is 2.44 bits per heavy atom. The summed E-state index contributed by atoms with van der Waals surface area (Å²) in [5.74, 6) is 1.70. The van der Waals surface area contributed by atoms with E-state index in [1.165, 1.54) is 5.70 Å². The van der Waals surface area contributed by atoms with Gasteiger partial charge >= 0.3 is 0 Å². The number of hydrogen-bond acceptors (Lipinski definition) is 7. The fourth-order valence-corrected chi connectivity index (χ4v) is 6.80. The summed E-state index contributed by atoms with van der Waals surface area (Å²) in [7, 11) is 3.37. The van der Waals surface area contributed by atoms with E-state index in [1.807, 2.05) is 26.0 Å². The van der Waals surface area contributed by atoms with Crippen molar-refractivity contribution in [3.05, 3.63) is 58.1 Å². The van der Waals surface area contributed by atoms with E-state index in [1.54, 1.807) is 14.2 Å². The maximum Gasteiger partial charge on any atom is 0.187 e. The molecule has 8 nitrogen and oxygen atoms in total. The zero-order valence-electron chi connectivity index (χ0n) is 22.3. The third kappa shape index (κ3) is 3.82. The number of likely N-dealkylation sites (N-methyl/N-ethyl adjacent to an activating group) is 1. The van der Waals surface area contributed by atoms with Crippen LogP contribution >= 0.6 is 0 Å². The molecule has 0 saturated carbocycles. The summed E-state index contributed by atoms with van der Waals surface area (Å²) in [6, 6.07) is 6.05. The van der Waals surface area contributed by atoms with E-state index in [4.69, 9.17) is 9.47 Å². The van der Waals surface area contributed by atoms with Crippen LogP contribution in [-0.4, -0.2) is 75.6 Å². The van der Waals surface area contributed by atoms with Crippen molar-refractivity contribution in [2.75, 3.05) is 33.9 Å². The van der Waals surface area contributed by atoms with Gasteiger partial charge in [-0.1, -0.05) is 19.9 Å². The van der Waals surface area contributed by atoms with Crippen LogP contribution in [-0.2, 0) is 6.54 Å². The third-order valence-electron chi connectivity index (χ3n) is 8.53. The van der Waals surface area contributed by atoms with Gasteiger partial charge in [0.1, 0.15) is 17.7 Å². The van der Waals surface area contributed by atoms with Gasteiger partial charge in [-0.3, -0.25) is 4.90 Å². The lowest BCUT2D eigenvalue weighted by molar-refractivity contribution is -0.0967. The Labute approximate surface area is 214 Å². The fourth-order valence-electron chi connectivity index (χ4n) is 6.80. The second-order valence-corrected chi connectivity index (χ2v) is 10.5. The molecule has 1 spiro atoms. The van der Waals surface area contributed by atoms with Crippen molar-refractivity contribution in [2.45, 2.75) is 71.1 Å². The van der Waals surface area contributed by atoms with E-state index >= 15 is 0 Å². The monoisotopic (exact) mass is 496 g/mol. The van der Waals surface area contributed by atoms with Crippen molar-refractivity contribution in [1.29, 1.82) is 0 Å². The summed E-state index contributed by atoms with van der Waals surface area (Å²) in [5, 5.41) is 22.7. The first-order valence-electron chi connectivity index (χ1n) is 13.0. The Morgan fingerprint density at radius 1 is 1.14 bits per heavy atom. The van der Waals surface area contributed by atoms with Crippen LogP contribution < -0.4 is 9.47 Å². The number of ether oxygens (including phenoxy) is 2. The Morgan fingerprint density at radius 2 is 1.86 bits per heavy atom. The van der Waals surface area contributed by atoms with E-state index in [2.05, 4.69) is 45.7 Å². The first-order valence-corrected chi connectivity index (χ1v) is 13.0. The molecule has 0 amide bonds. The van der Waals surface area contributed by atoms with Crippen molar-refractivity contribution in [3.63, 3.8) is 0 Å². The lowest BCUT2D eigenvalue weighted by Crippen LogP contribution is -2.55. The normalized spacial score (nSPS) is 24.8. The van der Waals surface area contributed by atoms with E-state index in [0.29, 0.717) is 6.54 Å². The number of benzene rings is 1. The van der Waals surface area contributed by atoms with E-state index < -0.39 is 12.6 Å². The van der Waals surface area contributed by atoms with Gasteiger partial charge in [0.05, 0.1) is 19.8 Å². The quantitative estimate of drug-likeness (QED) is 0.583. The van der Waals surface area contributed by atoms with Gasteiger partial charge in [0.25, 0.3) is 0 Å². The highest BCUT2D eigenvalue weighted by Gasteiger charge is 2.55. The molecule has 2 aromatic rings. The molecule has 3 atom stereocenters. The third-order valence-corrected chi connectivity index (χ3v) is 8.53. The number of aliphatic hydroxyl groups excluding tert-OH is 2. The minimum atomic E-state index is -0.706. The van der Waals surface area contributed by atoms with Crippen molar-refractivity contribution in [1.82, 2.24) is 19.7 Å². The average Bonchev–Trinajstić information content (AvgIpc) is 3.24. The molecule has 4 heterocycles. The largest absolute Gasteiger partial charge is 0.497 e. The summed E-state index contributed by atoms with van der Waals surface area (Å²) >= 11 is 0. The maximum absolute atomic E-state index is 11.6. The lowest BCUT2D eigenvalue weighted by atomic mass is 9.81. The van der Waals surface area contributed by atoms with Crippen LogP contribution in [0.4, 0.5) is 0 Å². The summed E-state index contributed by atoms with van der Waals surface area (Å²) in [4.78, 5) is 9.86. The topological polar surface area (TPSA) is 84.4 Å². The molecular formula is C28H40N4O4. The van der Waals surface area contributed by atoms with Gasteiger partial charge in [-0.05, 0) is 44.4 Å². The molecule has 36 heavy (non-hydrogen) atoms. The number of nitrogens with zero attached hydrogens (tertiary/aromatic N) is 3. The molecule has 1 aromatic carbocycles. The smallest absolute Gasteiger partial charge is 0.187 e. The van der Waals surface area contributed by atoms with Crippen LogP contribution in [0.1, 0.15) is 66.9 Å². The SMILES string of the molecule is CCN1C(O)N2Cc3cc(OC)cc(OC)c3[C@@H](C)C=C2C12CCN(C(O)c1cc(C)[nH]c1C)CC2. The van der Waals surface area contributed by atoms with Crippen LogP contribution in [0.3, 0.4) is 0 Å². The highest BCUT2D eigenvalue weighted by atomic mass is 16.5. The van der Waals surface area contributed by atoms with Crippen LogP contribution in [0.25, 0.3) is 0 Å². The highest BCUT2D eigenvalue weighted by molar-refractivity contribution is 5.52. The number of piperidine rings is 1.